The third-order valence-corrected chi connectivity index (χ3v) is 5.12. The van der Waals surface area contributed by atoms with Gasteiger partial charge in [0, 0.05) is 21.9 Å². The van der Waals surface area contributed by atoms with E-state index in [-0.39, 0.29) is 26.4 Å². The van der Waals surface area contributed by atoms with E-state index in [0.29, 0.717) is 21.5 Å². The van der Waals surface area contributed by atoms with Gasteiger partial charge in [0.15, 0.2) is 0 Å². The van der Waals surface area contributed by atoms with Crippen LogP contribution in [0, 0.1) is 0 Å². The molecule has 0 heterocycles. The molecule has 0 unspecified atom stereocenters. The molecule has 2 rings (SSSR count). The second kappa shape index (κ2) is 12.9. The molecule has 2 aromatic carbocycles. The van der Waals surface area contributed by atoms with Crippen molar-refractivity contribution >= 4 is 46.9 Å². The second-order valence-electron chi connectivity index (χ2n) is 5.73. The number of hydrogen-bond donors (Lipinski definition) is 0. The quantitative estimate of drug-likeness (QED) is 0.229. The maximum atomic E-state index is 11.0. The number of hydrogen-bond acceptors (Lipinski definition) is 7. The summed E-state index contributed by atoms with van der Waals surface area (Å²) in [6.45, 7) is 7.19. The van der Waals surface area contributed by atoms with Crippen molar-refractivity contribution in [3.05, 3.63) is 71.8 Å². The molecule has 6 nitrogen and oxygen atoms in total. The average Bonchev–Trinajstić information content (AvgIpc) is 2.76. The third kappa shape index (κ3) is 8.57. The molecule has 0 aliphatic carbocycles. The summed E-state index contributed by atoms with van der Waals surface area (Å²) in [5, 5.41) is 0.861. The summed E-state index contributed by atoms with van der Waals surface area (Å²) >= 11 is 14.0. The largest absolute Gasteiger partial charge is 0.488 e. The Morgan fingerprint density at radius 1 is 0.774 bits per heavy atom. The van der Waals surface area contributed by atoms with Crippen LogP contribution >= 0.6 is 35.0 Å². The summed E-state index contributed by atoms with van der Waals surface area (Å²) in [5.74, 6) is -0.0421. The molecule has 0 aliphatic heterocycles. The molecule has 0 spiro atoms. The van der Waals surface area contributed by atoms with E-state index in [2.05, 4.69) is 13.2 Å². The van der Waals surface area contributed by atoms with Gasteiger partial charge in [0.05, 0.1) is 10.0 Å². The molecule has 2 aromatic rings. The molecule has 0 fully saturated rings. The van der Waals surface area contributed by atoms with E-state index in [9.17, 15) is 9.59 Å². The summed E-state index contributed by atoms with van der Waals surface area (Å²) in [6, 6.07) is 10.7. The van der Waals surface area contributed by atoms with Gasteiger partial charge < -0.3 is 18.9 Å². The normalized spacial score (nSPS) is 10.1. The van der Waals surface area contributed by atoms with Crippen LogP contribution in [0.25, 0.3) is 0 Å². The third-order valence-electron chi connectivity index (χ3n) is 3.55. The molecule has 0 bridgehead atoms. The van der Waals surface area contributed by atoms with Gasteiger partial charge in [-0.25, -0.2) is 9.59 Å². The van der Waals surface area contributed by atoms with E-state index in [4.69, 9.17) is 42.1 Å². The number of carbonyl (C=O) groups is 2. The first-order valence-electron chi connectivity index (χ1n) is 9.04. The average molecular weight is 483 g/mol. The van der Waals surface area contributed by atoms with E-state index in [1.807, 2.05) is 12.1 Å². The Morgan fingerprint density at radius 2 is 1.19 bits per heavy atom. The van der Waals surface area contributed by atoms with Crippen LogP contribution in [0.3, 0.4) is 0 Å². The van der Waals surface area contributed by atoms with Crippen molar-refractivity contribution < 1.29 is 28.5 Å². The second-order valence-corrected chi connectivity index (χ2v) is 7.69. The molecule has 0 saturated heterocycles. The SMILES string of the molecule is C=CC(=O)OCCOc1ccc(Sc2ccc(OCCOC(=O)C=C)c(Cl)c2)cc1Cl. The van der Waals surface area contributed by atoms with Crippen LogP contribution in [0.15, 0.2) is 71.5 Å². The standard InChI is InChI=1S/C22H20Cl2O6S/c1-3-21(25)29-11-9-27-19-7-5-15(13-17(19)23)31-16-6-8-20(18(24)14-16)28-10-12-30-22(26)4-2/h3-8,13-14H,1-2,9-12H2. The fourth-order valence-corrected chi connectivity index (χ4v) is 3.66. The van der Waals surface area contributed by atoms with E-state index >= 15 is 0 Å². The van der Waals surface area contributed by atoms with Gasteiger partial charge in [-0.1, -0.05) is 48.1 Å². The summed E-state index contributed by atoms with van der Waals surface area (Å²) in [7, 11) is 0. The molecule has 0 radical (unpaired) electrons. The number of rotatable bonds is 12. The molecule has 0 atom stereocenters. The topological polar surface area (TPSA) is 71.1 Å². The zero-order valence-electron chi connectivity index (χ0n) is 16.5. The van der Waals surface area contributed by atoms with Crippen LogP contribution in [-0.4, -0.2) is 38.4 Å². The summed E-state index contributed by atoms with van der Waals surface area (Å²) in [4.78, 5) is 23.8. The highest BCUT2D eigenvalue weighted by Crippen LogP contribution is 2.36. The predicted molar refractivity (Wildman–Crippen MR) is 120 cm³/mol. The van der Waals surface area contributed by atoms with Crippen LogP contribution in [0.1, 0.15) is 0 Å². The van der Waals surface area contributed by atoms with Crippen molar-refractivity contribution in [1.29, 1.82) is 0 Å². The molecule has 0 aromatic heterocycles. The van der Waals surface area contributed by atoms with Gasteiger partial charge >= 0.3 is 11.9 Å². The van der Waals surface area contributed by atoms with Gasteiger partial charge in [0.1, 0.15) is 37.9 Å². The number of halogens is 2. The van der Waals surface area contributed by atoms with Gasteiger partial charge in [-0.3, -0.25) is 0 Å². The first kappa shape index (κ1) is 24.7. The van der Waals surface area contributed by atoms with Crippen molar-refractivity contribution in [2.24, 2.45) is 0 Å². The first-order chi connectivity index (χ1) is 14.9. The van der Waals surface area contributed by atoms with E-state index < -0.39 is 11.9 Å². The van der Waals surface area contributed by atoms with Crippen molar-refractivity contribution in [2.75, 3.05) is 26.4 Å². The monoisotopic (exact) mass is 482 g/mol. The fraction of sp³-hybridized carbons (Fsp3) is 0.182. The summed E-state index contributed by atoms with van der Waals surface area (Å²) < 4.78 is 20.7. The Morgan fingerprint density at radius 3 is 1.55 bits per heavy atom. The molecule has 0 saturated carbocycles. The minimum Gasteiger partial charge on any atom is -0.488 e. The van der Waals surface area contributed by atoms with Gasteiger partial charge in [-0.15, -0.1) is 0 Å². The lowest BCUT2D eigenvalue weighted by Crippen LogP contribution is -2.10. The van der Waals surface area contributed by atoms with Crippen LogP contribution in [-0.2, 0) is 19.1 Å². The fourth-order valence-electron chi connectivity index (χ4n) is 2.17. The minimum atomic E-state index is -0.507. The molecule has 0 N–H and O–H groups in total. The zero-order valence-corrected chi connectivity index (χ0v) is 18.8. The highest BCUT2D eigenvalue weighted by molar-refractivity contribution is 7.99. The maximum absolute atomic E-state index is 11.0. The lowest BCUT2D eigenvalue weighted by atomic mass is 10.3. The van der Waals surface area contributed by atoms with Crippen molar-refractivity contribution in [1.82, 2.24) is 0 Å². The molecule has 31 heavy (non-hydrogen) atoms. The van der Waals surface area contributed by atoms with Crippen molar-refractivity contribution in [3.8, 4) is 11.5 Å². The predicted octanol–water partition coefficient (Wildman–Crippen LogP) is 5.36. The Labute approximate surface area is 194 Å². The van der Waals surface area contributed by atoms with Crippen LogP contribution in [0.2, 0.25) is 10.0 Å². The molecule has 164 valence electrons. The minimum absolute atomic E-state index is 0.0985. The van der Waals surface area contributed by atoms with Crippen molar-refractivity contribution in [2.45, 2.75) is 9.79 Å². The molecule has 0 aliphatic rings. The van der Waals surface area contributed by atoms with E-state index in [1.165, 1.54) is 11.8 Å². The maximum Gasteiger partial charge on any atom is 0.330 e. The number of ether oxygens (including phenoxy) is 4. The summed E-state index contributed by atoms with van der Waals surface area (Å²) in [5.41, 5.74) is 0. The molecular weight excluding hydrogens is 463 g/mol. The number of esters is 2. The molecular formula is C22H20Cl2O6S. The zero-order chi connectivity index (χ0) is 22.6. The Balaban J connectivity index is 1.87. The lowest BCUT2D eigenvalue weighted by Gasteiger charge is -2.11. The van der Waals surface area contributed by atoms with Gasteiger partial charge in [-0.05, 0) is 36.4 Å². The van der Waals surface area contributed by atoms with Crippen LogP contribution in [0.5, 0.6) is 11.5 Å². The highest BCUT2D eigenvalue weighted by Gasteiger charge is 2.08. The van der Waals surface area contributed by atoms with Gasteiger partial charge in [-0.2, -0.15) is 0 Å². The molecule has 9 heteroatoms. The van der Waals surface area contributed by atoms with E-state index in [0.717, 1.165) is 21.9 Å². The number of carbonyl (C=O) groups excluding carboxylic acids is 2. The number of benzene rings is 2. The first-order valence-corrected chi connectivity index (χ1v) is 10.6. The van der Waals surface area contributed by atoms with Crippen molar-refractivity contribution in [3.63, 3.8) is 0 Å². The molecule has 0 amide bonds. The Kier molecular flexibility index (Phi) is 10.3. The van der Waals surface area contributed by atoms with Gasteiger partial charge in [0.25, 0.3) is 0 Å². The van der Waals surface area contributed by atoms with Crippen LogP contribution < -0.4 is 9.47 Å². The summed E-state index contributed by atoms with van der Waals surface area (Å²) in [6.07, 6.45) is 2.18. The van der Waals surface area contributed by atoms with Crippen LogP contribution in [0.4, 0.5) is 0 Å². The lowest BCUT2D eigenvalue weighted by molar-refractivity contribution is -0.139. The smallest absolute Gasteiger partial charge is 0.330 e. The van der Waals surface area contributed by atoms with Gasteiger partial charge in [0.2, 0.25) is 0 Å². The van der Waals surface area contributed by atoms with E-state index in [1.54, 1.807) is 24.3 Å². The Bertz CT molecular complexity index is 872. The Hall–Kier alpha value is -2.61. The highest BCUT2D eigenvalue weighted by atomic mass is 35.5.